The molecule has 9 heteroatoms. The molecule has 1 unspecified atom stereocenters. The molecule has 1 amide bonds. The van der Waals surface area contributed by atoms with Crippen molar-refractivity contribution in [2.75, 3.05) is 28.3 Å². The summed E-state index contributed by atoms with van der Waals surface area (Å²) >= 11 is 0. The van der Waals surface area contributed by atoms with Gasteiger partial charge in [0.25, 0.3) is 5.91 Å². The number of rotatable bonds is 5. The smallest absolute Gasteiger partial charge is 0.258 e. The number of carbonyl (C=O) groups is 1. The van der Waals surface area contributed by atoms with Gasteiger partial charge in [-0.1, -0.05) is 0 Å². The van der Waals surface area contributed by atoms with Crippen molar-refractivity contribution in [3.05, 3.63) is 42.2 Å². The third-order valence-electron chi connectivity index (χ3n) is 4.10. The topological polar surface area (TPSA) is 105 Å². The Morgan fingerprint density at radius 2 is 2.16 bits per heavy atom. The van der Waals surface area contributed by atoms with Crippen LogP contribution >= 0.6 is 0 Å². The molecule has 0 bridgehead atoms. The summed E-state index contributed by atoms with van der Waals surface area (Å²) in [6.45, 7) is 2.58. The fourth-order valence-corrected chi connectivity index (χ4v) is 4.59. The predicted molar refractivity (Wildman–Crippen MR) is 94.3 cm³/mol. The highest BCUT2D eigenvalue weighted by atomic mass is 32.2. The fourth-order valence-electron chi connectivity index (χ4n) is 2.86. The van der Waals surface area contributed by atoms with Gasteiger partial charge in [-0.25, -0.2) is 8.42 Å². The zero-order chi connectivity index (χ0) is 17.9. The third-order valence-corrected chi connectivity index (χ3v) is 5.85. The van der Waals surface area contributed by atoms with Crippen LogP contribution in [0.25, 0.3) is 0 Å². The minimum Gasteiger partial charge on any atom is -0.351 e. The normalized spacial score (nSPS) is 18.7. The number of pyridine rings is 1. The van der Waals surface area contributed by atoms with Crippen LogP contribution in [-0.2, 0) is 9.84 Å². The van der Waals surface area contributed by atoms with E-state index in [0.717, 1.165) is 0 Å². The van der Waals surface area contributed by atoms with Crippen molar-refractivity contribution >= 4 is 27.4 Å². The molecule has 0 aromatic carbocycles. The van der Waals surface area contributed by atoms with Gasteiger partial charge < -0.3 is 10.2 Å². The Labute approximate surface area is 146 Å². The van der Waals surface area contributed by atoms with Gasteiger partial charge >= 0.3 is 0 Å². The van der Waals surface area contributed by atoms with Crippen molar-refractivity contribution in [1.82, 2.24) is 15.2 Å². The lowest BCUT2D eigenvalue weighted by molar-refractivity contribution is 0.102. The summed E-state index contributed by atoms with van der Waals surface area (Å²) < 4.78 is 23.4. The molecule has 1 N–H and O–H groups in total. The molecule has 2 aromatic heterocycles. The first-order valence-electron chi connectivity index (χ1n) is 8.00. The number of amides is 1. The number of carbonyl (C=O) groups excluding carboxylic acids is 1. The minimum absolute atomic E-state index is 0.0832. The van der Waals surface area contributed by atoms with Crippen molar-refractivity contribution in [3.63, 3.8) is 0 Å². The Morgan fingerprint density at radius 3 is 2.72 bits per heavy atom. The van der Waals surface area contributed by atoms with Crippen molar-refractivity contribution in [1.29, 1.82) is 0 Å². The second-order valence-electron chi connectivity index (χ2n) is 5.82. The number of nitrogens with one attached hydrogen (secondary N) is 1. The number of hydrogen-bond donors (Lipinski definition) is 1. The molecule has 3 heterocycles. The lowest BCUT2D eigenvalue weighted by atomic mass is 10.2. The molecule has 132 valence electrons. The molecule has 1 aliphatic heterocycles. The average Bonchev–Trinajstić information content (AvgIpc) is 2.97. The van der Waals surface area contributed by atoms with E-state index in [4.69, 9.17) is 0 Å². The van der Waals surface area contributed by atoms with Gasteiger partial charge in [0.2, 0.25) is 0 Å². The summed E-state index contributed by atoms with van der Waals surface area (Å²) in [4.78, 5) is 17.9. The van der Waals surface area contributed by atoms with Gasteiger partial charge in [0.1, 0.15) is 0 Å². The van der Waals surface area contributed by atoms with Gasteiger partial charge in [-0.3, -0.25) is 9.78 Å². The molecule has 0 saturated carbocycles. The van der Waals surface area contributed by atoms with Gasteiger partial charge in [-0.05, 0) is 37.6 Å². The summed E-state index contributed by atoms with van der Waals surface area (Å²) in [6, 6.07) is 6.64. The van der Waals surface area contributed by atoms with Gasteiger partial charge in [-0.2, -0.15) is 0 Å². The summed E-state index contributed by atoms with van der Waals surface area (Å²) in [6.07, 6.45) is 3.65. The number of sulfone groups is 1. The lowest BCUT2D eigenvalue weighted by Crippen LogP contribution is -2.36. The molecule has 0 aliphatic carbocycles. The second kappa shape index (κ2) is 7.14. The molecule has 2 aromatic rings. The van der Waals surface area contributed by atoms with Gasteiger partial charge in [0.05, 0.1) is 17.1 Å². The number of aromatic nitrogens is 3. The van der Waals surface area contributed by atoms with Crippen LogP contribution in [0.5, 0.6) is 0 Å². The van der Waals surface area contributed by atoms with Crippen molar-refractivity contribution < 1.29 is 13.2 Å². The molecule has 1 atom stereocenters. The monoisotopic (exact) mass is 361 g/mol. The maximum Gasteiger partial charge on any atom is 0.258 e. The highest BCUT2D eigenvalue weighted by Crippen LogP contribution is 2.22. The highest BCUT2D eigenvalue weighted by Gasteiger charge is 2.32. The lowest BCUT2D eigenvalue weighted by Gasteiger charge is -2.27. The molecule has 0 spiro atoms. The molecule has 1 fully saturated rings. The zero-order valence-electron chi connectivity index (χ0n) is 13.8. The fraction of sp³-hybridized carbons (Fsp3) is 0.375. The quantitative estimate of drug-likeness (QED) is 0.851. The Morgan fingerprint density at radius 1 is 1.32 bits per heavy atom. The minimum atomic E-state index is -2.97. The van der Waals surface area contributed by atoms with E-state index in [2.05, 4.69) is 20.5 Å². The van der Waals surface area contributed by atoms with Crippen LogP contribution in [0.15, 0.2) is 36.7 Å². The van der Waals surface area contributed by atoms with Crippen molar-refractivity contribution in [3.8, 4) is 0 Å². The van der Waals surface area contributed by atoms with Crippen molar-refractivity contribution in [2.24, 2.45) is 0 Å². The molecular formula is C16H19N5O3S. The summed E-state index contributed by atoms with van der Waals surface area (Å²) in [5, 5.41) is 10.8. The first-order valence-corrected chi connectivity index (χ1v) is 9.83. The van der Waals surface area contributed by atoms with E-state index in [1.165, 1.54) is 6.20 Å². The molecule has 25 heavy (non-hydrogen) atoms. The van der Waals surface area contributed by atoms with Crippen LogP contribution in [-0.4, -0.2) is 53.6 Å². The second-order valence-corrected chi connectivity index (χ2v) is 8.04. The Balaban J connectivity index is 1.70. The Bertz CT molecular complexity index is 840. The van der Waals surface area contributed by atoms with E-state index < -0.39 is 9.84 Å². The summed E-state index contributed by atoms with van der Waals surface area (Å²) in [7, 11) is -2.97. The average molecular weight is 361 g/mol. The van der Waals surface area contributed by atoms with Gasteiger partial charge in [0, 0.05) is 25.0 Å². The van der Waals surface area contributed by atoms with Crippen molar-refractivity contribution in [2.45, 2.75) is 19.4 Å². The van der Waals surface area contributed by atoms with Crippen LogP contribution in [0.3, 0.4) is 0 Å². The number of hydrogen-bond acceptors (Lipinski definition) is 7. The van der Waals surface area contributed by atoms with Crippen LogP contribution in [0.4, 0.5) is 11.6 Å². The Kier molecular flexibility index (Phi) is 4.93. The van der Waals surface area contributed by atoms with Crippen LogP contribution < -0.4 is 10.2 Å². The number of nitrogens with zero attached hydrogens (tertiary/aromatic N) is 4. The van der Waals surface area contributed by atoms with E-state index in [-0.39, 0.29) is 23.5 Å². The molecule has 1 saturated heterocycles. The SMILES string of the molecule is CCN(c1ccc(NC(=O)c2cccnc2)nn1)C1CCS(=O)(=O)C1. The molecule has 1 aliphatic rings. The maximum atomic E-state index is 12.1. The van der Waals surface area contributed by atoms with E-state index in [9.17, 15) is 13.2 Å². The third kappa shape index (κ3) is 4.11. The molecule has 0 radical (unpaired) electrons. The van der Waals surface area contributed by atoms with E-state index >= 15 is 0 Å². The largest absolute Gasteiger partial charge is 0.351 e. The molecule has 8 nitrogen and oxygen atoms in total. The predicted octanol–water partition coefficient (Wildman–Crippen LogP) is 1.14. The van der Waals surface area contributed by atoms with E-state index in [1.54, 1.807) is 30.5 Å². The standard InChI is InChI=1S/C16H19N5O3S/c1-2-21(13-7-9-25(23,24)11-13)15-6-5-14(19-20-15)18-16(22)12-4-3-8-17-10-12/h3-6,8,10,13H,2,7,9,11H2,1H3,(H,18,19,22). The van der Waals surface area contributed by atoms with E-state index in [0.29, 0.717) is 30.2 Å². The highest BCUT2D eigenvalue weighted by molar-refractivity contribution is 7.91. The Hall–Kier alpha value is -2.55. The van der Waals surface area contributed by atoms with Crippen LogP contribution in [0.1, 0.15) is 23.7 Å². The van der Waals surface area contributed by atoms with Crippen LogP contribution in [0, 0.1) is 0 Å². The summed E-state index contributed by atoms with van der Waals surface area (Å²) in [5.41, 5.74) is 0.430. The maximum absolute atomic E-state index is 12.1. The van der Waals surface area contributed by atoms with Crippen LogP contribution in [0.2, 0.25) is 0 Å². The molecule has 3 rings (SSSR count). The first-order chi connectivity index (χ1) is 12.0. The first kappa shape index (κ1) is 17.3. The van der Waals surface area contributed by atoms with E-state index in [1.807, 2.05) is 11.8 Å². The van der Waals surface area contributed by atoms with Gasteiger partial charge in [0.15, 0.2) is 21.5 Å². The number of anilines is 2. The zero-order valence-corrected chi connectivity index (χ0v) is 14.6. The molecular weight excluding hydrogens is 342 g/mol. The van der Waals surface area contributed by atoms with Gasteiger partial charge in [-0.15, -0.1) is 10.2 Å². The summed E-state index contributed by atoms with van der Waals surface area (Å²) in [5.74, 6) is 0.962.